The molecule has 2 aromatic rings. The lowest BCUT2D eigenvalue weighted by Crippen LogP contribution is -2.38. The Bertz CT molecular complexity index is 875. The quantitative estimate of drug-likeness (QED) is 0.840. The Morgan fingerprint density at radius 3 is 2.45 bits per heavy atom. The minimum atomic E-state index is -0.298. The first kappa shape index (κ1) is 20.9. The van der Waals surface area contributed by atoms with E-state index in [2.05, 4.69) is 15.3 Å². The molecule has 6 nitrogen and oxygen atoms in total. The number of amides is 2. The highest BCUT2D eigenvalue weighted by Gasteiger charge is 2.26. The van der Waals surface area contributed by atoms with Crippen LogP contribution in [0.15, 0.2) is 24.3 Å². The number of rotatable bonds is 5. The number of aromatic nitrogens is 2. The molecule has 0 bridgehead atoms. The zero-order valence-electron chi connectivity index (χ0n) is 17.2. The number of likely N-dealkylation sites (tertiary alicyclic amines) is 1. The van der Waals surface area contributed by atoms with Crippen LogP contribution < -0.4 is 5.32 Å². The van der Waals surface area contributed by atoms with Gasteiger partial charge in [0, 0.05) is 49.4 Å². The number of halogens is 1. The molecule has 0 aliphatic carbocycles. The molecule has 7 heteroatoms. The van der Waals surface area contributed by atoms with Crippen LogP contribution in [0.4, 0.5) is 4.39 Å². The maximum absolute atomic E-state index is 13.0. The zero-order chi connectivity index (χ0) is 21.0. The third-order valence-electron chi connectivity index (χ3n) is 5.41. The number of hydrogen-bond acceptors (Lipinski definition) is 4. The summed E-state index contributed by atoms with van der Waals surface area (Å²) in [5, 5.41) is 2.86. The molecular formula is C22H27FN4O2. The molecule has 1 aromatic heterocycles. The van der Waals surface area contributed by atoms with Gasteiger partial charge in [-0.2, -0.15) is 0 Å². The highest BCUT2D eigenvalue weighted by molar-refractivity contribution is 5.79. The molecule has 1 unspecified atom stereocenters. The van der Waals surface area contributed by atoms with Crippen LogP contribution >= 0.6 is 0 Å². The van der Waals surface area contributed by atoms with Crippen LogP contribution in [0.3, 0.4) is 0 Å². The predicted octanol–water partition coefficient (Wildman–Crippen LogP) is 2.82. The zero-order valence-corrected chi connectivity index (χ0v) is 17.2. The highest BCUT2D eigenvalue weighted by Crippen LogP contribution is 2.26. The summed E-state index contributed by atoms with van der Waals surface area (Å²) in [7, 11) is 0. The maximum Gasteiger partial charge on any atom is 0.224 e. The Morgan fingerprint density at radius 1 is 1.17 bits per heavy atom. The second kappa shape index (κ2) is 9.11. The first-order chi connectivity index (χ1) is 13.8. The fourth-order valence-corrected chi connectivity index (χ4v) is 3.70. The number of hydrogen-bond donors (Lipinski definition) is 1. The summed E-state index contributed by atoms with van der Waals surface area (Å²) in [5.41, 5.74) is 3.26. The Kier molecular flexibility index (Phi) is 6.56. The number of nitrogens with zero attached hydrogens (tertiary/aromatic N) is 3. The summed E-state index contributed by atoms with van der Waals surface area (Å²) in [5.74, 6) is 0.538. The lowest BCUT2D eigenvalue weighted by Gasteiger charge is -2.31. The second-order valence-corrected chi connectivity index (χ2v) is 7.62. The SMILES string of the molecule is CC(=O)N1CCCC(c2nc(C)c(CC(=O)NCc3ccc(F)cc3)c(C)n2)C1. The molecule has 2 heterocycles. The van der Waals surface area contributed by atoms with Gasteiger partial charge in [0.2, 0.25) is 11.8 Å². The fourth-order valence-electron chi connectivity index (χ4n) is 3.70. The molecule has 0 saturated carbocycles. The summed E-state index contributed by atoms with van der Waals surface area (Å²) in [6.07, 6.45) is 2.10. The van der Waals surface area contributed by atoms with Gasteiger partial charge in [-0.25, -0.2) is 14.4 Å². The van der Waals surface area contributed by atoms with E-state index in [9.17, 15) is 14.0 Å². The van der Waals surface area contributed by atoms with Gasteiger partial charge >= 0.3 is 0 Å². The number of carbonyl (C=O) groups excluding carboxylic acids is 2. The topological polar surface area (TPSA) is 75.2 Å². The molecule has 0 radical (unpaired) electrons. The van der Waals surface area contributed by atoms with Crippen molar-refractivity contribution in [3.05, 3.63) is 58.4 Å². The van der Waals surface area contributed by atoms with E-state index in [1.54, 1.807) is 19.1 Å². The monoisotopic (exact) mass is 398 g/mol. The third kappa shape index (κ3) is 5.37. The van der Waals surface area contributed by atoms with E-state index in [4.69, 9.17) is 0 Å². The molecule has 1 aromatic carbocycles. The minimum absolute atomic E-state index is 0.0811. The number of piperidine rings is 1. The van der Waals surface area contributed by atoms with Gasteiger partial charge < -0.3 is 10.2 Å². The maximum atomic E-state index is 13.0. The van der Waals surface area contributed by atoms with Crippen molar-refractivity contribution in [2.45, 2.75) is 52.5 Å². The van der Waals surface area contributed by atoms with E-state index in [0.29, 0.717) is 13.1 Å². The van der Waals surface area contributed by atoms with Crippen molar-refractivity contribution in [2.24, 2.45) is 0 Å². The molecule has 1 saturated heterocycles. The van der Waals surface area contributed by atoms with E-state index in [1.165, 1.54) is 12.1 Å². The minimum Gasteiger partial charge on any atom is -0.352 e. The van der Waals surface area contributed by atoms with E-state index >= 15 is 0 Å². The van der Waals surface area contributed by atoms with E-state index in [1.807, 2.05) is 18.7 Å². The van der Waals surface area contributed by atoms with Crippen molar-refractivity contribution in [3.63, 3.8) is 0 Å². The normalized spacial score (nSPS) is 16.6. The summed E-state index contributed by atoms with van der Waals surface area (Å²) >= 11 is 0. The molecule has 154 valence electrons. The summed E-state index contributed by atoms with van der Waals surface area (Å²) in [6.45, 7) is 7.16. The van der Waals surface area contributed by atoms with Crippen LogP contribution in [0.25, 0.3) is 0 Å². The van der Waals surface area contributed by atoms with Gasteiger partial charge in [0.05, 0.1) is 6.42 Å². The molecule has 3 rings (SSSR count). The first-order valence-corrected chi connectivity index (χ1v) is 9.94. The average Bonchev–Trinajstić information content (AvgIpc) is 2.70. The van der Waals surface area contributed by atoms with Crippen LogP contribution in [0.5, 0.6) is 0 Å². The molecule has 1 fully saturated rings. The summed E-state index contributed by atoms with van der Waals surface area (Å²) in [6, 6.07) is 6.05. The van der Waals surface area contributed by atoms with Gasteiger partial charge in [0.25, 0.3) is 0 Å². The molecule has 1 atom stereocenters. The van der Waals surface area contributed by atoms with Crippen molar-refractivity contribution in [3.8, 4) is 0 Å². The fraction of sp³-hybridized carbons (Fsp3) is 0.455. The number of aryl methyl sites for hydroxylation is 2. The standard InChI is InChI=1S/C22H27FN4O2/c1-14-20(11-21(29)24-12-17-6-8-19(23)9-7-17)15(2)26-22(25-14)18-5-4-10-27(13-18)16(3)28/h6-9,18H,4-5,10-13H2,1-3H3,(H,24,29). The molecule has 0 spiro atoms. The Balaban J connectivity index is 1.65. The van der Waals surface area contributed by atoms with Crippen LogP contribution in [-0.4, -0.2) is 39.8 Å². The van der Waals surface area contributed by atoms with Crippen molar-refractivity contribution in [1.82, 2.24) is 20.2 Å². The van der Waals surface area contributed by atoms with Crippen LogP contribution in [0.1, 0.15) is 54.0 Å². The number of nitrogens with one attached hydrogen (secondary N) is 1. The molecule has 2 amide bonds. The largest absolute Gasteiger partial charge is 0.352 e. The van der Waals surface area contributed by atoms with Crippen molar-refractivity contribution in [1.29, 1.82) is 0 Å². The molecule has 1 aliphatic heterocycles. The number of benzene rings is 1. The summed E-state index contributed by atoms with van der Waals surface area (Å²) in [4.78, 5) is 35.2. The van der Waals surface area contributed by atoms with Gasteiger partial charge in [-0.05, 0) is 44.4 Å². The van der Waals surface area contributed by atoms with Gasteiger partial charge in [0.15, 0.2) is 0 Å². The lowest BCUT2D eigenvalue weighted by molar-refractivity contribution is -0.130. The Labute approximate surface area is 170 Å². The predicted molar refractivity (Wildman–Crippen MR) is 108 cm³/mol. The second-order valence-electron chi connectivity index (χ2n) is 7.62. The lowest BCUT2D eigenvalue weighted by atomic mass is 9.96. The molecule has 1 N–H and O–H groups in total. The molecule has 1 aliphatic rings. The van der Waals surface area contributed by atoms with Crippen molar-refractivity contribution < 1.29 is 14.0 Å². The van der Waals surface area contributed by atoms with Crippen LogP contribution in [-0.2, 0) is 22.6 Å². The van der Waals surface area contributed by atoms with E-state index < -0.39 is 0 Å². The van der Waals surface area contributed by atoms with E-state index in [0.717, 1.165) is 47.7 Å². The molecule has 29 heavy (non-hydrogen) atoms. The van der Waals surface area contributed by atoms with Gasteiger partial charge in [-0.1, -0.05) is 12.1 Å². The molecular weight excluding hydrogens is 371 g/mol. The van der Waals surface area contributed by atoms with Crippen LogP contribution in [0.2, 0.25) is 0 Å². The van der Waals surface area contributed by atoms with Crippen LogP contribution in [0, 0.1) is 19.7 Å². The van der Waals surface area contributed by atoms with Gasteiger partial charge in [-0.15, -0.1) is 0 Å². The van der Waals surface area contributed by atoms with Gasteiger partial charge in [-0.3, -0.25) is 9.59 Å². The highest BCUT2D eigenvalue weighted by atomic mass is 19.1. The Morgan fingerprint density at radius 2 is 1.83 bits per heavy atom. The van der Waals surface area contributed by atoms with Crippen molar-refractivity contribution in [2.75, 3.05) is 13.1 Å². The summed E-state index contributed by atoms with van der Waals surface area (Å²) < 4.78 is 13.0. The average molecular weight is 398 g/mol. The van der Waals surface area contributed by atoms with E-state index in [-0.39, 0.29) is 30.0 Å². The van der Waals surface area contributed by atoms with Crippen molar-refractivity contribution >= 4 is 11.8 Å². The van der Waals surface area contributed by atoms with Gasteiger partial charge in [0.1, 0.15) is 11.6 Å². The first-order valence-electron chi connectivity index (χ1n) is 9.94. The smallest absolute Gasteiger partial charge is 0.224 e. The Hall–Kier alpha value is -2.83. The number of carbonyl (C=O) groups is 2. The third-order valence-corrected chi connectivity index (χ3v) is 5.41.